The van der Waals surface area contributed by atoms with Gasteiger partial charge in [-0.1, -0.05) is 35.4 Å². The summed E-state index contributed by atoms with van der Waals surface area (Å²) in [5, 5.41) is 17.5. The summed E-state index contributed by atoms with van der Waals surface area (Å²) >= 11 is 0. The van der Waals surface area contributed by atoms with E-state index in [4.69, 9.17) is 4.74 Å². The van der Waals surface area contributed by atoms with E-state index < -0.39 is 5.91 Å². The quantitative estimate of drug-likeness (QED) is 0.713. The summed E-state index contributed by atoms with van der Waals surface area (Å²) in [6.07, 6.45) is 0. The smallest absolute Gasteiger partial charge is 0.282 e. The molecule has 0 saturated heterocycles. The van der Waals surface area contributed by atoms with Gasteiger partial charge in [-0.05, 0) is 22.9 Å². The highest BCUT2D eigenvalue weighted by atomic mass is 16.5. The van der Waals surface area contributed by atoms with Gasteiger partial charge in [0.25, 0.3) is 11.5 Å². The Hall–Kier alpha value is -3.56. The summed E-state index contributed by atoms with van der Waals surface area (Å²) in [5.74, 6) is -0.317. The van der Waals surface area contributed by atoms with Crippen LogP contribution in [0, 0.1) is 0 Å². The first-order valence-electron chi connectivity index (χ1n) is 7.86. The lowest BCUT2D eigenvalue weighted by Crippen LogP contribution is -2.28. The van der Waals surface area contributed by atoms with E-state index in [9.17, 15) is 9.59 Å². The van der Waals surface area contributed by atoms with Crippen molar-refractivity contribution >= 4 is 11.9 Å². The largest absolute Gasteiger partial charge is 0.490 e. The molecule has 2 heterocycles. The second kappa shape index (κ2) is 7.13. The number of hydrogen-bond donors (Lipinski definition) is 1. The third-order valence-corrected chi connectivity index (χ3v) is 3.61. The first-order valence-corrected chi connectivity index (χ1v) is 7.86. The molecule has 1 amide bonds. The van der Waals surface area contributed by atoms with Crippen molar-refractivity contribution in [1.29, 1.82) is 0 Å². The molecule has 0 aliphatic rings. The minimum absolute atomic E-state index is 0.0317. The maximum Gasteiger partial charge on any atom is 0.282 e. The molecule has 0 fully saturated rings. The van der Waals surface area contributed by atoms with Crippen molar-refractivity contribution in [3.63, 3.8) is 0 Å². The molecular formula is C16H17N7O3. The maximum atomic E-state index is 12.7. The average Bonchev–Trinajstić information content (AvgIpc) is 3.03. The standard InChI is InChI=1S/C16H17N7O3/c1-4-26-13-11(10-8-6-5-7-9-10)15(25)22(2)19-12(13)14(24)17-16-18-20-21-23(16)3/h5-9H,4H2,1-3H3,(H,17,18,21,24). The van der Waals surface area contributed by atoms with Crippen LogP contribution in [0.2, 0.25) is 0 Å². The number of amides is 1. The summed E-state index contributed by atoms with van der Waals surface area (Å²) in [7, 11) is 3.06. The van der Waals surface area contributed by atoms with Gasteiger partial charge in [-0.2, -0.15) is 5.10 Å². The van der Waals surface area contributed by atoms with Crippen LogP contribution in [0.15, 0.2) is 35.1 Å². The zero-order valence-electron chi connectivity index (χ0n) is 14.5. The van der Waals surface area contributed by atoms with Gasteiger partial charge in [0.2, 0.25) is 5.95 Å². The van der Waals surface area contributed by atoms with Gasteiger partial charge in [0.1, 0.15) is 0 Å². The Balaban J connectivity index is 2.16. The normalized spacial score (nSPS) is 10.6. The number of carbonyl (C=O) groups is 1. The number of hydrogen-bond acceptors (Lipinski definition) is 7. The SMILES string of the molecule is CCOc1c(C(=O)Nc2nnnn2C)nn(C)c(=O)c1-c1ccccc1. The molecule has 1 N–H and O–H groups in total. The predicted molar refractivity (Wildman–Crippen MR) is 92.8 cm³/mol. The molecule has 10 nitrogen and oxygen atoms in total. The van der Waals surface area contributed by atoms with Crippen molar-refractivity contribution in [2.75, 3.05) is 11.9 Å². The van der Waals surface area contributed by atoms with Gasteiger partial charge in [0.15, 0.2) is 11.4 Å². The highest BCUT2D eigenvalue weighted by Gasteiger charge is 2.25. The molecule has 26 heavy (non-hydrogen) atoms. The highest BCUT2D eigenvalue weighted by molar-refractivity contribution is 6.05. The van der Waals surface area contributed by atoms with E-state index in [1.807, 2.05) is 6.07 Å². The van der Waals surface area contributed by atoms with Crippen LogP contribution in [0.1, 0.15) is 17.4 Å². The number of rotatable bonds is 5. The molecule has 134 valence electrons. The number of tetrazole rings is 1. The van der Waals surface area contributed by atoms with Crippen molar-refractivity contribution < 1.29 is 9.53 Å². The van der Waals surface area contributed by atoms with Gasteiger partial charge in [-0.3, -0.25) is 14.9 Å². The topological polar surface area (TPSA) is 117 Å². The molecule has 0 aliphatic heterocycles. The van der Waals surface area contributed by atoms with E-state index in [2.05, 4.69) is 25.9 Å². The summed E-state index contributed by atoms with van der Waals surface area (Å²) < 4.78 is 8.04. The Morgan fingerprint density at radius 1 is 1.19 bits per heavy atom. The zero-order chi connectivity index (χ0) is 18.7. The zero-order valence-corrected chi connectivity index (χ0v) is 14.5. The fourth-order valence-corrected chi connectivity index (χ4v) is 2.41. The van der Waals surface area contributed by atoms with E-state index in [-0.39, 0.29) is 35.1 Å². The van der Waals surface area contributed by atoms with Gasteiger partial charge in [-0.25, -0.2) is 9.36 Å². The van der Waals surface area contributed by atoms with Crippen LogP contribution < -0.4 is 15.6 Å². The molecule has 0 bridgehead atoms. The fraction of sp³-hybridized carbons (Fsp3) is 0.250. The van der Waals surface area contributed by atoms with Gasteiger partial charge in [0, 0.05) is 14.1 Å². The maximum absolute atomic E-state index is 12.7. The number of benzene rings is 1. The lowest BCUT2D eigenvalue weighted by Gasteiger charge is -2.15. The Morgan fingerprint density at radius 2 is 1.92 bits per heavy atom. The molecule has 10 heteroatoms. The van der Waals surface area contributed by atoms with Crippen LogP contribution in [0.4, 0.5) is 5.95 Å². The van der Waals surface area contributed by atoms with Crippen LogP contribution in [0.25, 0.3) is 11.1 Å². The fourth-order valence-electron chi connectivity index (χ4n) is 2.41. The van der Waals surface area contributed by atoms with Crippen molar-refractivity contribution in [3.05, 3.63) is 46.4 Å². The number of aryl methyl sites for hydroxylation is 2. The van der Waals surface area contributed by atoms with Crippen molar-refractivity contribution in [1.82, 2.24) is 30.0 Å². The highest BCUT2D eigenvalue weighted by Crippen LogP contribution is 2.29. The van der Waals surface area contributed by atoms with E-state index in [1.54, 1.807) is 38.2 Å². The first kappa shape index (κ1) is 17.3. The summed E-state index contributed by atoms with van der Waals surface area (Å²) in [6.45, 7) is 2.03. The summed E-state index contributed by atoms with van der Waals surface area (Å²) in [4.78, 5) is 25.4. The molecule has 1 aromatic carbocycles. The molecule has 0 radical (unpaired) electrons. The molecular weight excluding hydrogens is 338 g/mol. The number of nitrogens with one attached hydrogen (secondary N) is 1. The number of nitrogens with zero attached hydrogens (tertiary/aromatic N) is 6. The van der Waals surface area contributed by atoms with Crippen LogP contribution in [0.5, 0.6) is 5.75 Å². The lowest BCUT2D eigenvalue weighted by molar-refractivity contribution is 0.101. The second-order valence-electron chi connectivity index (χ2n) is 5.36. The number of carbonyl (C=O) groups excluding carboxylic acids is 1. The van der Waals surface area contributed by atoms with E-state index >= 15 is 0 Å². The molecule has 0 spiro atoms. The molecule has 3 rings (SSSR count). The lowest BCUT2D eigenvalue weighted by atomic mass is 10.1. The molecule has 0 aliphatic carbocycles. The first-order chi connectivity index (χ1) is 12.5. The number of anilines is 1. The Labute approximate surface area is 148 Å². The van der Waals surface area contributed by atoms with E-state index in [1.165, 1.54) is 11.7 Å². The van der Waals surface area contributed by atoms with E-state index in [0.717, 1.165) is 4.68 Å². The average molecular weight is 355 g/mol. The minimum Gasteiger partial charge on any atom is -0.490 e. The number of ether oxygens (including phenoxy) is 1. The third kappa shape index (κ3) is 3.16. The van der Waals surface area contributed by atoms with Crippen LogP contribution in [0.3, 0.4) is 0 Å². The Morgan fingerprint density at radius 3 is 2.54 bits per heavy atom. The van der Waals surface area contributed by atoms with Crippen LogP contribution >= 0.6 is 0 Å². The van der Waals surface area contributed by atoms with Gasteiger partial charge >= 0.3 is 0 Å². The monoisotopic (exact) mass is 355 g/mol. The molecule has 0 saturated carbocycles. The molecule has 2 aromatic heterocycles. The molecule has 0 atom stereocenters. The second-order valence-corrected chi connectivity index (χ2v) is 5.36. The Kier molecular flexibility index (Phi) is 4.74. The number of aromatic nitrogens is 6. The third-order valence-electron chi connectivity index (χ3n) is 3.61. The summed E-state index contributed by atoms with van der Waals surface area (Å²) in [5.41, 5.74) is 0.506. The predicted octanol–water partition coefficient (Wildman–Crippen LogP) is 0.622. The van der Waals surface area contributed by atoms with Crippen molar-refractivity contribution in [2.45, 2.75) is 6.92 Å². The van der Waals surface area contributed by atoms with Gasteiger partial charge in [0.05, 0.1) is 12.2 Å². The van der Waals surface area contributed by atoms with E-state index in [0.29, 0.717) is 5.56 Å². The summed E-state index contributed by atoms with van der Waals surface area (Å²) in [6, 6.07) is 8.98. The van der Waals surface area contributed by atoms with Crippen molar-refractivity contribution in [2.24, 2.45) is 14.1 Å². The Bertz CT molecular complexity index is 995. The van der Waals surface area contributed by atoms with Gasteiger partial charge < -0.3 is 4.74 Å². The van der Waals surface area contributed by atoms with Crippen molar-refractivity contribution in [3.8, 4) is 16.9 Å². The minimum atomic E-state index is -0.584. The van der Waals surface area contributed by atoms with Crippen LogP contribution in [-0.4, -0.2) is 42.5 Å². The van der Waals surface area contributed by atoms with Crippen LogP contribution in [-0.2, 0) is 14.1 Å². The molecule has 0 unspecified atom stereocenters. The van der Waals surface area contributed by atoms with Gasteiger partial charge in [-0.15, -0.1) is 0 Å². The molecule has 3 aromatic rings.